The number of hydrogen-bond acceptors (Lipinski definition) is 4. The molecule has 1 saturated heterocycles. The fourth-order valence-electron chi connectivity index (χ4n) is 1.86. The monoisotopic (exact) mass is 306 g/mol. The molecule has 1 unspecified atom stereocenters. The van der Waals surface area contributed by atoms with E-state index in [2.05, 4.69) is 10.0 Å². The van der Waals surface area contributed by atoms with Crippen molar-refractivity contribution in [1.82, 2.24) is 10.0 Å². The van der Waals surface area contributed by atoms with E-state index in [1.165, 1.54) is 17.8 Å². The molecule has 0 aliphatic carbocycles. The average Bonchev–Trinajstić information content (AvgIpc) is 2.81. The molecular formula is C11H15ClN2O2S2. The van der Waals surface area contributed by atoms with E-state index in [1.54, 1.807) is 12.1 Å². The molecule has 2 N–H and O–H groups in total. The van der Waals surface area contributed by atoms with Crippen molar-refractivity contribution in [2.45, 2.75) is 22.3 Å². The van der Waals surface area contributed by atoms with Crippen LogP contribution in [0.15, 0.2) is 28.0 Å². The molecule has 1 aromatic carbocycles. The highest BCUT2D eigenvalue weighted by atomic mass is 35.5. The van der Waals surface area contributed by atoms with E-state index in [4.69, 9.17) is 11.6 Å². The summed E-state index contributed by atoms with van der Waals surface area (Å²) in [7, 11) is -3.47. The standard InChI is InChI=1S/C11H15ClN2O2S2/c1-17-11-3-2-9(6-10(11)12)18(15,16)14-8-4-5-13-7-8/h2-3,6,8,13-14H,4-5,7H2,1H3. The Labute approximate surface area is 117 Å². The van der Waals surface area contributed by atoms with Gasteiger partial charge in [-0.3, -0.25) is 0 Å². The zero-order chi connectivity index (χ0) is 13.2. The SMILES string of the molecule is CSc1ccc(S(=O)(=O)NC2CCNC2)cc1Cl. The Hall–Kier alpha value is -0.270. The van der Waals surface area contributed by atoms with Gasteiger partial charge in [0.2, 0.25) is 10.0 Å². The van der Waals surface area contributed by atoms with Crippen LogP contribution in [0.3, 0.4) is 0 Å². The Morgan fingerprint density at radius 3 is 2.83 bits per heavy atom. The number of sulfonamides is 1. The van der Waals surface area contributed by atoms with E-state index in [0.29, 0.717) is 11.6 Å². The minimum atomic E-state index is -3.47. The largest absolute Gasteiger partial charge is 0.315 e. The number of nitrogens with one attached hydrogen (secondary N) is 2. The molecule has 1 aliphatic heterocycles. The number of thioether (sulfide) groups is 1. The molecule has 100 valence electrons. The van der Waals surface area contributed by atoms with E-state index < -0.39 is 10.0 Å². The van der Waals surface area contributed by atoms with Crippen molar-refractivity contribution in [1.29, 1.82) is 0 Å². The first-order valence-corrected chi connectivity index (χ1v) is 8.68. The Morgan fingerprint density at radius 2 is 2.28 bits per heavy atom. The van der Waals surface area contributed by atoms with Crippen molar-refractivity contribution in [3.63, 3.8) is 0 Å². The normalized spacial score (nSPS) is 20.2. The lowest BCUT2D eigenvalue weighted by molar-refractivity contribution is 0.560. The highest BCUT2D eigenvalue weighted by Gasteiger charge is 2.23. The van der Waals surface area contributed by atoms with Crippen LogP contribution in [0.1, 0.15) is 6.42 Å². The Bertz CT molecular complexity index is 528. The first-order chi connectivity index (χ1) is 8.53. The van der Waals surface area contributed by atoms with Crippen LogP contribution in [0.5, 0.6) is 0 Å². The number of halogens is 1. The average molecular weight is 307 g/mol. The van der Waals surface area contributed by atoms with Crippen molar-refractivity contribution in [2.24, 2.45) is 0 Å². The lowest BCUT2D eigenvalue weighted by Crippen LogP contribution is -2.36. The molecule has 0 spiro atoms. The highest BCUT2D eigenvalue weighted by molar-refractivity contribution is 7.98. The van der Waals surface area contributed by atoms with Gasteiger partial charge in [-0.1, -0.05) is 11.6 Å². The van der Waals surface area contributed by atoms with Gasteiger partial charge in [0.25, 0.3) is 0 Å². The quantitative estimate of drug-likeness (QED) is 0.831. The molecule has 2 rings (SSSR count). The maximum Gasteiger partial charge on any atom is 0.240 e. The zero-order valence-corrected chi connectivity index (χ0v) is 12.3. The predicted octanol–water partition coefficient (Wildman–Crippen LogP) is 1.70. The van der Waals surface area contributed by atoms with E-state index in [0.717, 1.165) is 17.9 Å². The first kappa shape index (κ1) is 14.1. The summed E-state index contributed by atoms with van der Waals surface area (Å²) < 4.78 is 27.0. The lowest BCUT2D eigenvalue weighted by Gasteiger charge is -2.12. The minimum absolute atomic E-state index is 0.0333. The fraction of sp³-hybridized carbons (Fsp3) is 0.455. The van der Waals surface area contributed by atoms with Gasteiger partial charge in [-0.2, -0.15) is 0 Å². The zero-order valence-electron chi connectivity index (χ0n) is 9.94. The minimum Gasteiger partial charge on any atom is -0.315 e. The molecule has 0 amide bonds. The third-order valence-electron chi connectivity index (χ3n) is 2.82. The van der Waals surface area contributed by atoms with Crippen LogP contribution in [0.25, 0.3) is 0 Å². The van der Waals surface area contributed by atoms with E-state index >= 15 is 0 Å². The van der Waals surface area contributed by atoms with Crippen molar-refractivity contribution < 1.29 is 8.42 Å². The maximum absolute atomic E-state index is 12.1. The smallest absolute Gasteiger partial charge is 0.240 e. The van der Waals surface area contributed by atoms with Crippen LogP contribution >= 0.6 is 23.4 Å². The molecule has 1 aromatic rings. The second kappa shape index (κ2) is 5.79. The Morgan fingerprint density at radius 1 is 1.50 bits per heavy atom. The summed E-state index contributed by atoms with van der Waals surface area (Å²) in [5, 5.41) is 3.59. The van der Waals surface area contributed by atoms with Crippen molar-refractivity contribution >= 4 is 33.4 Å². The first-order valence-electron chi connectivity index (χ1n) is 5.59. The number of rotatable bonds is 4. The number of hydrogen-bond donors (Lipinski definition) is 2. The van der Waals surface area contributed by atoms with Gasteiger partial charge >= 0.3 is 0 Å². The van der Waals surface area contributed by atoms with Crippen molar-refractivity contribution in [3.05, 3.63) is 23.2 Å². The molecule has 0 radical (unpaired) electrons. The van der Waals surface area contributed by atoms with Gasteiger partial charge in [0.05, 0.1) is 9.92 Å². The summed E-state index contributed by atoms with van der Waals surface area (Å²) in [5.74, 6) is 0. The van der Waals surface area contributed by atoms with Crippen LogP contribution in [-0.4, -0.2) is 33.8 Å². The molecule has 1 heterocycles. The molecule has 1 fully saturated rings. The summed E-state index contributed by atoms with van der Waals surface area (Å²) >= 11 is 7.52. The molecular weight excluding hydrogens is 292 g/mol. The second-order valence-electron chi connectivity index (χ2n) is 4.11. The summed E-state index contributed by atoms with van der Waals surface area (Å²) in [5.41, 5.74) is 0. The van der Waals surface area contributed by atoms with E-state index in [1.807, 2.05) is 6.26 Å². The van der Waals surface area contributed by atoms with Crippen LogP contribution in [0.4, 0.5) is 0 Å². The summed E-state index contributed by atoms with van der Waals surface area (Å²) in [6.45, 7) is 1.52. The van der Waals surface area contributed by atoms with Crippen LogP contribution in [-0.2, 0) is 10.0 Å². The summed E-state index contributed by atoms with van der Waals surface area (Å²) in [6.07, 6.45) is 2.72. The third-order valence-corrected chi connectivity index (χ3v) is 5.55. The van der Waals surface area contributed by atoms with Gasteiger partial charge in [-0.25, -0.2) is 13.1 Å². The molecule has 18 heavy (non-hydrogen) atoms. The van der Waals surface area contributed by atoms with Gasteiger partial charge in [-0.15, -0.1) is 11.8 Å². The maximum atomic E-state index is 12.1. The van der Waals surface area contributed by atoms with Crippen molar-refractivity contribution in [3.8, 4) is 0 Å². The summed E-state index contributed by atoms with van der Waals surface area (Å²) in [6, 6.07) is 4.78. The summed E-state index contributed by atoms with van der Waals surface area (Å²) in [4.78, 5) is 1.09. The van der Waals surface area contributed by atoms with Gasteiger partial charge < -0.3 is 5.32 Å². The third kappa shape index (κ3) is 3.19. The van der Waals surface area contributed by atoms with Gasteiger partial charge in [0, 0.05) is 17.5 Å². The predicted molar refractivity (Wildman–Crippen MR) is 74.8 cm³/mol. The van der Waals surface area contributed by atoms with Crippen LogP contribution < -0.4 is 10.0 Å². The second-order valence-corrected chi connectivity index (χ2v) is 7.08. The van der Waals surface area contributed by atoms with E-state index in [-0.39, 0.29) is 10.9 Å². The Kier molecular flexibility index (Phi) is 4.55. The molecule has 1 aliphatic rings. The van der Waals surface area contributed by atoms with Gasteiger partial charge in [-0.05, 0) is 37.4 Å². The van der Waals surface area contributed by atoms with Gasteiger partial charge in [0.15, 0.2) is 0 Å². The molecule has 4 nitrogen and oxygen atoms in total. The van der Waals surface area contributed by atoms with Crippen LogP contribution in [0, 0.1) is 0 Å². The van der Waals surface area contributed by atoms with Crippen molar-refractivity contribution in [2.75, 3.05) is 19.3 Å². The highest BCUT2D eigenvalue weighted by Crippen LogP contribution is 2.27. The molecule has 1 atom stereocenters. The fourth-order valence-corrected chi connectivity index (χ4v) is 4.09. The topological polar surface area (TPSA) is 58.2 Å². The molecule has 0 aromatic heterocycles. The Balaban J connectivity index is 2.21. The van der Waals surface area contributed by atoms with Crippen LogP contribution in [0.2, 0.25) is 5.02 Å². The molecule has 7 heteroatoms. The number of benzene rings is 1. The lowest BCUT2D eigenvalue weighted by atomic mass is 10.3. The molecule has 0 bridgehead atoms. The molecule has 0 saturated carbocycles. The van der Waals surface area contributed by atoms with E-state index in [9.17, 15) is 8.42 Å². The van der Waals surface area contributed by atoms with Gasteiger partial charge in [0.1, 0.15) is 0 Å².